The van der Waals surface area contributed by atoms with Crippen LogP contribution in [-0.4, -0.2) is 68.3 Å². The van der Waals surface area contributed by atoms with Crippen LogP contribution in [0.2, 0.25) is 0 Å². The Bertz CT molecular complexity index is 1450. The van der Waals surface area contributed by atoms with Gasteiger partial charge < -0.3 is 9.72 Å². The second-order valence-corrected chi connectivity index (χ2v) is 10.6. The van der Waals surface area contributed by atoms with E-state index in [1.165, 1.54) is 18.4 Å². The van der Waals surface area contributed by atoms with Gasteiger partial charge in [-0.3, -0.25) is 14.6 Å². The van der Waals surface area contributed by atoms with Gasteiger partial charge in [0.1, 0.15) is 11.8 Å². The van der Waals surface area contributed by atoms with Crippen molar-refractivity contribution >= 4 is 10.9 Å². The average molecular weight is 514 g/mol. The number of rotatable bonds is 7. The number of benzene rings is 2. The monoisotopic (exact) mass is 513 g/mol. The fourth-order valence-corrected chi connectivity index (χ4v) is 6.06. The molecule has 3 heterocycles. The van der Waals surface area contributed by atoms with Crippen LogP contribution in [0.3, 0.4) is 0 Å². The van der Waals surface area contributed by atoms with E-state index < -0.39 is 0 Å². The van der Waals surface area contributed by atoms with Crippen LogP contribution in [0.25, 0.3) is 10.9 Å². The molecule has 1 aliphatic carbocycles. The zero-order valence-corrected chi connectivity index (χ0v) is 22.1. The van der Waals surface area contributed by atoms with E-state index in [1.807, 2.05) is 41.9 Å². The highest BCUT2D eigenvalue weighted by atomic mass is 16.5. The Morgan fingerprint density at radius 1 is 1.05 bits per heavy atom. The van der Waals surface area contributed by atoms with Crippen molar-refractivity contribution in [2.75, 3.05) is 33.3 Å². The Morgan fingerprint density at radius 2 is 1.82 bits per heavy atom. The molecule has 4 aromatic rings. The third-order valence-electron chi connectivity index (χ3n) is 8.18. The molecule has 0 bridgehead atoms. The minimum Gasteiger partial charge on any atom is -0.497 e. The molecule has 38 heavy (non-hydrogen) atoms. The highest BCUT2D eigenvalue weighted by Crippen LogP contribution is 2.34. The number of methoxy groups -OCH3 is 1. The van der Waals surface area contributed by atoms with Gasteiger partial charge in [0.25, 0.3) is 5.56 Å². The van der Waals surface area contributed by atoms with E-state index in [9.17, 15) is 4.79 Å². The number of nitrogens with zero attached hydrogens (tertiary/aromatic N) is 6. The van der Waals surface area contributed by atoms with Crippen molar-refractivity contribution in [3.63, 3.8) is 0 Å². The number of hydrogen-bond acceptors (Lipinski definition) is 7. The molecule has 0 spiro atoms. The van der Waals surface area contributed by atoms with Crippen LogP contribution >= 0.6 is 0 Å². The number of para-hydroxylation sites is 1. The molecule has 1 saturated heterocycles. The third kappa shape index (κ3) is 4.83. The normalized spacial score (nSPS) is 18.3. The predicted octanol–water partition coefficient (Wildman–Crippen LogP) is 3.85. The summed E-state index contributed by atoms with van der Waals surface area (Å²) in [4.78, 5) is 21.6. The van der Waals surface area contributed by atoms with Gasteiger partial charge in [-0.1, -0.05) is 43.2 Å². The Kier molecular flexibility index (Phi) is 6.95. The lowest BCUT2D eigenvalue weighted by Gasteiger charge is -2.39. The summed E-state index contributed by atoms with van der Waals surface area (Å²) in [5.41, 5.74) is 3.85. The molecule has 1 saturated carbocycles. The molecule has 0 amide bonds. The number of nitrogens with one attached hydrogen (secondary N) is 1. The zero-order valence-electron chi connectivity index (χ0n) is 22.1. The Balaban J connectivity index is 1.31. The van der Waals surface area contributed by atoms with E-state index in [-0.39, 0.29) is 11.6 Å². The minimum absolute atomic E-state index is 0.0709. The lowest BCUT2D eigenvalue weighted by atomic mass is 10.0. The first-order chi connectivity index (χ1) is 18.6. The number of fused-ring (bicyclic) bond motifs is 1. The smallest absolute Gasteiger partial charge is 0.253 e. The number of piperazine rings is 1. The van der Waals surface area contributed by atoms with Gasteiger partial charge in [0.05, 0.1) is 18.7 Å². The molecule has 9 nitrogen and oxygen atoms in total. The number of aryl methyl sites for hydroxylation is 1. The SMILES string of the molecule is COc1ccc(CN2CCN([C@@H](c3cc4cccc(C)c4[nH]c3=O)c3nnnn3C3CCCC3)CC2)cc1. The summed E-state index contributed by atoms with van der Waals surface area (Å²) in [6.45, 7) is 6.36. The molecule has 2 aromatic carbocycles. The first-order valence-corrected chi connectivity index (χ1v) is 13.6. The molecule has 1 aliphatic heterocycles. The Labute approximate surface area is 222 Å². The summed E-state index contributed by atoms with van der Waals surface area (Å²) in [6, 6.07) is 16.4. The standard InChI is InChI=1S/C29H35N7O2/c1-20-6-5-7-22-18-25(29(37)30-26(20)22)27(28-31-32-33-36(28)23-8-3-4-9-23)35-16-14-34(15-17-35)19-21-10-12-24(38-2)13-11-21/h5-7,10-13,18,23,27H,3-4,8-9,14-17,19H2,1-2H3,(H,30,37)/t27-/m0/s1. The summed E-state index contributed by atoms with van der Waals surface area (Å²) >= 11 is 0. The van der Waals surface area contributed by atoms with Gasteiger partial charge in [-0.15, -0.1) is 5.10 Å². The van der Waals surface area contributed by atoms with Gasteiger partial charge in [0.15, 0.2) is 5.82 Å². The molecule has 0 radical (unpaired) electrons. The van der Waals surface area contributed by atoms with Gasteiger partial charge in [0.2, 0.25) is 0 Å². The average Bonchev–Trinajstić information content (AvgIpc) is 3.64. The second kappa shape index (κ2) is 10.7. The van der Waals surface area contributed by atoms with E-state index >= 15 is 0 Å². The van der Waals surface area contributed by atoms with Crippen LogP contribution in [0.4, 0.5) is 0 Å². The summed E-state index contributed by atoms with van der Waals surface area (Å²) in [7, 11) is 1.69. The Morgan fingerprint density at radius 3 is 2.55 bits per heavy atom. The van der Waals surface area contributed by atoms with Gasteiger partial charge in [-0.05, 0) is 64.9 Å². The minimum atomic E-state index is -0.303. The van der Waals surface area contributed by atoms with Crippen LogP contribution in [0.5, 0.6) is 5.75 Å². The van der Waals surface area contributed by atoms with Gasteiger partial charge in [0, 0.05) is 38.3 Å². The molecule has 198 valence electrons. The Hall–Kier alpha value is -3.56. The quantitative estimate of drug-likeness (QED) is 0.401. The molecule has 2 fully saturated rings. The van der Waals surface area contributed by atoms with Gasteiger partial charge in [-0.2, -0.15) is 0 Å². The van der Waals surface area contributed by atoms with Gasteiger partial charge >= 0.3 is 0 Å². The van der Waals surface area contributed by atoms with Gasteiger partial charge in [-0.25, -0.2) is 4.68 Å². The number of hydrogen-bond donors (Lipinski definition) is 1. The summed E-state index contributed by atoms with van der Waals surface area (Å²) in [5, 5.41) is 14.1. The number of H-pyrrole nitrogens is 1. The van der Waals surface area contributed by atoms with E-state index in [2.05, 4.69) is 48.5 Å². The number of aromatic amines is 1. The molecular weight excluding hydrogens is 478 g/mol. The van der Waals surface area contributed by atoms with Crippen molar-refractivity contribution in [2.45, 2.75) is 51.2 Å². The van der Waals surface area contributed by atoms with Crippen molar-refractivity contribution in [3.8, 4) is 5.75 Å². The van der Waals surface area contributed by atoms with E-state index in [4.69, 9.17) is 4.74 Å². The number of aromatic nitrogens is 5. The van der Waals surface area contributed by atoms with E-state index in [0.29, 0.717) is 11.6 Å². The molecule has 1 atom stereocenters. The first kappa shape index (κ1) is 24.8. The van der Waals surface area contributed by atoms with Crippen LogP contribution < -0.4 is 10.3 Å². The summed E-state index contributed by atoms with van der Waals surface area (Å²) in [6.07, 6.45) is 4.53. The van der Waals surface area contributed by atoms with E-state index in [0.717, 1.165) is 73.6 Å². The largest absolute Gasteiger partial charge is 0.497 e. The fourth-order valence-electron chi connectivity index (χ4n) is 6.06. The number of ether oxygens (including phenoxy) is 1. The van der Waals surface area contributed by atoms with Crippen molar-refractivity contribution in [3.05, 3.63) is 81.4 Å². The molecule has 6 rings (SSSR count). The predicted molar refractivity (Wildman–Crippen MR) is 146 cm³/mol. The molecule has 0 unspecified atom stereocenters. The summed E-state index contributed by atoms with van der Waals surface area (Å²) in [5.74, 6) is 1.65. The maximum Gasteiger partial charge on any atom is 0.253 e. The first-order valence-electron chi connectivity index (χ1n) is 13.6. The lowest BCUT2D eigenvalue weighted by Crippen LogP contribution is -2.48. The van der Waals surface area contributed by atoms with Crippen LogP contribution in [0.15, 0.2) is 53.3 Å². The summed E-state index contributed by atoms with van der Waals surface area (Å²) < 4.78 is 7.30. The van der Waals surface area contributed by atoms with Crippen LogP contribution in [0, 0.1) is 6.92 Å². The highest BCUT2D eigenvalue weighted by molar-refractivity contribution is 5.82. The molecule has 1 N–H and O–H groups in total. The fraction of sp³-hybridized carbons (Fsp3) is 0.448. The second-order valence-electron chi connectivity index (χ2n) is 10.6. The molecule has 9 heteroatoms. The van der Waals surface area contributed by atoms with Crippen LogP contribution in [0.1, 0.15) is 60.3 Å². The maximum atomic E-state index is 13.6. The van der Waals surface area contributed by atoms with Crippen molar-refractivity contribution in [1.29, 1.82) is 0 Å². The third-order valence-corrected chi connectivity index (χ3v) is 8.18. The van der Waals surface area contributed by atoms with E-state index in [1.54, 1.807) is 7.11 Å². The lowest BCUT2D eigenvalue weighted by molar-refractivity contribution is 0.0989. The molecular formula is C29H35N7O2. The molecule has 2 aromatic heterocycles. The van der Waals surface area contributed by atoms with Crippen molar-refractivity contribution in [2.24, 2.45) is 0 Å². The molecule has 2 aliphatic rings. The van der Waals surface area contributed by atoms with Crippen molar-refractivity contribution in [1.82, 2.24) is 35.0 Å². The topological polar surface area (TPSA) is 92.2 Å². The number of tetrazole rings is 1. The maximum absolute atomic E-state index is 13.6. The van der Waals surface area contributed by atoms with Crippen LogP contribution in [-0.2, 0) is 6.54 Å². The highest BCUT2D eigenvalue weighted by Gasteiger charge is 2.34. The van der Waals surface area contributed by atoms with Crippen molar-refractivity contribution < 1.29 is 4.74 Å². The zero-order chi connectivity index (χ0) is 26.1. The number of pyridine rings is 1.